The molecule has 1 aliphatic heterocycles. The second-order valence-corrected chi connectivity index (χ2v) is 5.51. The van der Waals surface area contributed by atoms with Crippen LogP contribution in [0.2, 0.25) is 0 Å². The van der Waals surface area contributed by atoms with Crippen molar-refractivity contribution in [3.05, 3.63) is 22.3 Å². The lowest BCUT2D eigenvalue weighted by Gasteiger charge is -2.34. The van der Waals surface area contributed by atoms with Crippen molar-refractivity contribution in [3.63, 3.8) is 0 Å². The number of anilines is 1. The zero-order valence-electron chi connectivity index (χ0n) is 9.97. The topological polar surface area (TPSA) is 16.1 Å². The molecule has 18 heavy (non-hydrogen) atoms. The van der Waals surface area contributed by atoms with E-state index in [0.29, 0.717) is 13.1 Å². The maximum atomic E-state index is 12.6. The molecule has 2 heterocycles. The number of aromatic nitrogens is 1. The molecule has 0 atom stereocenters. The first-order valence-corrected chi connectivity index (χ1v) is 6.61. The third-order valence-corrected chi connectivity index (χ3v) is 3.71. The molecule has 1 saturated heterocycles. The summed E-state index contributed by atoms with van der Waals surface area (Å²) in [6.45, 7) is 2.75. The van der Waals surface area contributed by atoms with E-state index in [-0.39, 0.29) is 12.8 Å². The molecule has 0 bridgehead atoms. The van der Waals surface area contributed by atoms with Gasteiger partial charge in [0, 0.05) is 23.8 Å². The number of hydrogen-bond donors (Lipinski definition) is 0. The van der Waals surface area contributed by atoms with Crippen LogP contribution in [0.25, 0.3) is 0 Å². The predicted molar refractivity (Wildman–Crippen MR) is 67.7 cm³/mol. The van der Waals surface area contributed by atoms with Gasteiger partial charge in [-0.1, -0.05) is 0 Å². The Morgan fingerprint density at radius 1 is 1.33 bits per heavy atom. The number of halogens is 4. The predicted octanol–water partition coefficient (Wildman–Crippen LogP) is 3.93. The summed E-state index contributed by atoms with van der Waals surface area (Å²) in [4.78, 5) is 6.22. The van der Waals surface area contributed by atoms with Crippen LogP contribution >= 0.6 is 15.9 Å². The van der Waals surface area contributed by atoms with Gasteiger partial charge in [0.15, 0.2) is 0 Å². The highest BCUT2D eigenvalue weighted by molar-refractivity contribution is 9.10. The van der Waals surface area contributed by atoms with Crippen LogP contribution in [0, 0.1) is 12.8 Å². The third kappa shape index (κ3) is 2.96. The van der Waals surface area contributed by atoms with Crippen molar-refractivity contribution in [2.45, 2.75) is 25.9 Å². The molecule has 2 nitrogen and oxygen atoms in total. The fourth-order valence-electron chi connectivity index (χ4n) is 2.28. The minimum absolute atomic E-state index is 0.153. The summed E-state index contributed by atoms with van der Waals surface area (Å²) in [5.41, 5.74) is 0.981. The van der Waals surface area contributed by atoms with E-state index in [4.69, 9.17) is 0 Å². The van der Waals surface area contributed by atoms with Crippen LogP contribution in [0.5, 0.6) is 0 Å². The minimum atomic E-state index is -4.06. The van der Waals surface area contributed by atoms with Crippen molar-refractivity contribution >= 4 is 21.7 Å². The summed E-state index contributed by atoms with van der Waals surface area (Å²) in [5, 5.41) is 0. The van der Waals surface area contributed by atoms with Crippen LogP contribution < -0.4 is 4.90 Å². The summed E-state index contributed by atoms with van der Waals surface area (Å²) < 4.78 is 38.6. The van der Waals surface area contributed by atoms with E-state index in [9.17, 15) is 13.2 Å². The van der Waals surface area contributed by atoms with Gasteiger partial charge in [-0.2, -0.15) is 13.2 Å². The van der Waals surface area contributed by atoms with E-state index in [1.807, 2.05) is 17.9 Å². The molecule has 0 aliphatic carbocycles. The molecule has 1 aromatic rings. The fraction of sp³-hybridized carbons (Fsp3) is 0.583. The Bertz CT molecular complexity index is 426. The lowest BCUT2D eigenvalue weighted by atomic mass is 9.96. The summed E-state index contributed by atoms with van der Waals surface area (Å²) >= 11 is 3.33. The van der Waals surface area contributed by atoms with Gasteiger partial charge in [-0.05, 0) is 47.3 Å². The standard InChI is InChI=1S/C12H14BrF3N2/c1-8-6-10(13)7-17-11(8)18-4-2-9(3-5-18)12(14,15)16/h6-7,9H,2-5H2,1H3. The van der Waals surface area contributed by atoms with E-state index in [2.05, 4.69) is 20.9 Å². The van der Waals surface area contributed by atoms with Crippen LogP contribution in [0.1, 0.15) is 18.4 Å². The molecule has 0 amide bonds. The van der Waals surface area contributed by atoms with E-state index in [1.165, 1.54) is 0 Å². The number of piperidine rings is 1. The molecule has 0 spiro atoms. The third-order valence-electron chi connectivity index (χ3n) is 3.27. The van der Waals surface area contributed by atoms with Gasteiger partial charge < -0.3 is 4.90 Å². The number of nitrogens with zero attached hydrogens (tertiary/aromatic N) is 2. The molecule has 1 aromatic heterocycles. The maximum absolute atomic E-state index is 12.6. The molecule has 6 heteroatoms. The molecule has 0 unspecified atom stereocenters. The van der Waals surface area contributed by atoms with E-state index >= 15 is 0 Å². The Morgan fingerprint density at radius 2 is 1.94 bits per heavy atom. The summed E-state index contributed by atoms with van der Waals surface area (Å²) in [5.74, 6) is -0.372. The van der Waals surface area contributed by atoms with Crippen molar-refractivity contribution in [3.8, 4) is 0 Å². The molecule has 1 fully saturated rings. The molecule has 0 N–H and O–H groups in total. The molecule has 0 aromatic carbocycles. The SMILES string of the molecule is Cc1cc(Br)cnc1N1CCC(C(F)(F)F)CC1. The molecule has 0 radical (unpaired) electrons. The molecule has 2 rings (SSSR count). The van der Waals surface area contributed by atoms with E-state index in [0.717, 1.165) is 15.9 Å². The number of hydrogen-bond acceptors (Lipinski definition) is 2. The first-order chi connectivity index (χ1) is 8.38. The van der Waals surface area contributed by atoms with Gasteiger partial charge >= 0.3 is 6.18 Å². The van der Waals surface area contributed by atoms with Crippen LogP contribution in [0.3, 0.4) is 0 Å². The van der Waals surface area contributed by atoms with Crippen LogP contribution in [0.15, 0.2) is 16.7 Å². The molecular formula is C12H14BrF3N2. The number of alkyl halides is 3. The number of aryl methyl sites for hydroxylation is 1. The monoisotopic (exact) mass is 322 g/mol. The van der Waals surface area contributed by atoms with Crippen molar-refractivity contribution in [1.82, 2.24) is 4.98 Å². The Labute approximate surface area is 112 Å². The highest BCUT2D eigenvalue weighted by Crippen LogP contribution is 2.35. The minimum Gasteiger partial charge on any atom is -0.356 e. The van der Waals surface area contributed by atoms with Gasteiger partial charge in [0.1, 0.15) is 5.82 Å². The molecule has 0 saturated carbocycles. The summed E-state index contributed by atoms with van der Waals surface area (Å²) in [6, 6.07) is 1.93. The fourth-order valence-corrected chi connectivity index (χ4v) is 2.73. The first-order valence-electron chi connectivity index (χ1n) is 5.81. The Kier molecular flexibility index (Phi) is 3.84. The zero-order valence-corrected chi connectivity index (χ0v) is 11.6. The highest BCUT2D eigenvalue weighted by Gasteiger charge is 2.41. The van der Waals surface area contributed by atoms with E-state index in [1.54, 1.807) is 6.20 Å². The van der Waals surface area contributed by atoms with Gasteiger partial charge in [0.25, 0.3) is 0 Å². The van der Waals surface area contributed by atoms with Crippen molar-refractivity contribution < 1.29 is 13.2 Å². The van der Waals surface area contributed by atoms with Crippen LogP contribution in [0.4, 0.5) is 19.0 Å². The zero-order chi connectivity index (χ0) is 13.3. The first kappa shape index (κ1) is 13.6. The lowest BCUT2D eigenvalue weighted by molar-refractivity contribution is -0.179. The molecule has 100 valence electrons. The van der Waals surface area contributed by atoms with Crippen LogP contribution in [-0.2, 0) is 0 Å². The van der Waals surface area contributed by atoms with Gasteiger partial charge in [-0.3, -0.25) is 0 Å². The normalized spacial score (nSPS) is 18.2. The van der Waals surface area contributed by atoms with Gasteiger partial charge in [-0.15, -0.1) is 0 Å². The van der Waals surface area contributed by atoms with Crippen molar-refractivity contribution in [2.75, 3.05) is 18.0 Å². The molecular weight excluding hydrogens is 309 g/mol. The number of rotatable bonds is 1. The largest absolute Gasteiger partial charge is 0.391 e. The molecule has 1 aliphatic rings. The summed E-state index contributed by atoms with van der Waals surface area (Å²) in [7, 11) is 0. The maximum Gasteiger partial charge on any atom is 0.391 e. The number of pyridine rings is 1. The lowest BCUT2D eigenvalue weighted by Crippen LogP contribution is -2.39. The second-order valence-electron chi connectivity index (χ2n) is 4.60. The smallest absolute Gasteiger partial charge is 0.356 e. The van der Waals surface area contributed by atoms with Gasteiger partial charge in [0.2, 0.25) is 0 Å². The highest BCUT2D eigenvalue weighted by atomic mass is 79.9. The average Bonchev–Trinajstić information content (AvgIpc) is 2.28. The van der Waals surface area contributed by atoms with Gasteiger partial charge in [-0.25, -0.2) is 4.98 Å². The second kappa shape index (κ2) is 5.07. The van der Waals surface area contributed by atoms with E-state index < -0.39 is 12.1 Å². The summed E-state index contributed by atoms with van der Waals surface area (Å²) in [6.07, 6.45) is -2.08. The Hall–Kier alpha value is -0.780. The average molecular weight is 323 g/mol. The van der Waals surface area contributed by atoms with Gasteiger partial charge in [0.05, 0.1) is 5.92 Å². The Balaban J connectivity index is 2.06. The Morgan fingerprint density at radius 3 is 2.44 bits per heavy atom. The quantitative estimate of drug-likeness (QED) is 0.778. The van der Waals surface area contributed by atoms with Crippen molar-refractivity contribution in [2.24, 2.45) is 5.92 Å². The van der Waals surface area contributed by atoms with Crippen LogP contribution in [-0.4, -0.2) is 24.2 Å². The van der Waals surface area contributed by atoms with Crippen molar-refractivity contribution in [1.29, 1.82) is 0 Å².